The predicted octanol–water partition coefficient (Wildman–Crippen LogP) is 15.8. The number of fused-ring (bicyclic) bond motifs is 4. The van der Waals surface area contributed by atoms with Crippen molar-refractivity contribution in [1.82, 2.24) is 4.57 Å². The summed E-state index contributed by atoms with van der Waals surface area (Å²) in [5.74, 6) is 0. The van der Waals surface area contributed by atoms with Gasteiger partial charge in [0.2, 0.25) is 0 Å². The van der Waals surface area contributed by atoms with Gasteiger partial charge in [-0.25, -0.2) is 0 Å². The number of nitrogens with zero attached hydrogens (tertiary/aromatic N) is 3. The summed E-state index contributed by atoms with van der Waals surface area (Å²) in [5, 5.41) is 5.07. The van der Waals surface area contributed by atoms with Crippen molar-refractivity contribution < 1.29 is 0 Å². The van der Waals surface area contributed by atoms with Crippen LogP contribution < -0.4 is 9.80 Å². The van der Waals surface area contributed by atoms with Crippen molar-refractivity contribution >= 4 is 55.3 Å². The molecule has 2 aliphatic rings. The molecule has 0 saturated heterocycles. The molecule has 0 fully saturated rings. The van der Waals surface area contributed by atoms with Crippen molar-refractivity contribution in [2.24, 2.45) is 0 Å². The third-order valence-corrected chi connectivity index (χ3v) is 13.3. The first kappa shape index (κ1) is 37.6. The maximum atomic E-state index is 2.58. The fraction of sp³-hybridized carbons (Fsp3) is 0.119. The second kappa shape index (κ2) is 15.9. The van der Waals surface area contributed by atoms with Crippen LogP contribution in [0.4, 0.5) is 22.7 Å². The summed E-state index contributed by atoms with van der Waals surface area (Å²) < 4.78 is 2.47. The number of rotatable bonds is 9. The third kappa shape index (κ3) is 6.90. The van der Waals surface area contributed by atoms with Crippen LogP contribution in [-0.4, -0.2) is 10.6 Å². The Hall–Kier alpha value is -7.36. The topological polar surface area (TPSA) is 11.4 Å². The summed E-state index contributed by atoms with van der Waals surface area (Å²) in [5.41, 5.74) is 13.5. The second-order valence-electron chi connectivity index (χ2n) is 17.2. The van der Waals surface area contributed by atoms with Crippen LogP contribution in [0, 0.1) is 0 Å². The summed E-state index contributed by atoms with van der Waals surface area (Å²) >= 11 is 0. The van der Waals surface area contributed by atoms with Gasteiger partial charge < -0.3 is 14.4 Å². The summed E-state index contributed by atoms with van der Waals surface area (Å²) in [6, 6.07) is 71.4. The number of hydrogen-bond donors (Lipinski definition) is 0. The van der Waals surface area contributed by atoms with E-state index in [1.54, 1.807) is 0 Å². The molecule has 8 aromatic carbocycles. The van der Waals surface area contributed by atoms with Crippen LogP contribution in [0.2, 0.25) is 0 Å². The maximum Gasteiger partial charge on any atom is 0.0556 e. The van der Waals surface area contributed by atoms with Crippen molar-refractivity contribution in [3.05, 3.63) is 236 Å². The van der Waals surface area contributed by atoms with E-state index in [-0.39, 0.29) is 5.41 Å². The van der Waals surface area contributed by atoms with E-state index in [1.807, 2.05) is 0 Å². The maximum absolute atomic E-state index is 2.58. The Balaban J connectivity index is 0.995. The largest absolute Gasteiger partial charge is 0.338 e. The van der Waals surface area contributed by atoms with Gasteiger partial charge in [0, 0.05) is 44.9 Å². The van der Waals surface area contributed by atoms with Crippen LogP contribution in [0.5, 0.6) is 0 Å². The van der Waals surface area contributed by atoms with Gasteiger partial charge in [0.1, 0.15) is 0 Å². The molecule has 0 bridgehead atoms. The van der Waals surface area contributed by atoms with Gasteiger partial charge in [-0.1, -0.05) is 146 Å². The monoisotopic (exact) mass is 799 g/mol. The summed E-state index contributed by atoms with van der Waals surface area (Å²) in [7, 11) is 0. The average Bonchev–Trinajstić information content (AvgIpc) is 3.67. The fourth-order valence-electron chi connectivity index (χ4n) is 9.93. The molecule has 11 rings (SSSR count). The number of aromatic nitrogens is 1. The Morgan fingerprint density at radius 2 is 1.15 bits per heavy atom. The van der Waals surface area contributed by atoms with Crippen LogP contribution in [0.3, 0.4) is 0 Å². The van der Waals surface area contributed by atoms with Gasteiger partial charge in [0.15, 0.2) is 0 Å². The summed E-state index contributed by atoms with van der Waals surface area (Å²) in [6.45, 7) is 2.47. The van der Waals surface area contributed by atoms with E-state index in [0.29, 0.717) is 6.04 Å². The molecule has 3 heteroatoms. The highest BCUT2D eigenvalue weighted by molar-refractivity contribution is 6.11. The summed E-state index contributed by atoms with van der Waals surface area (Å²) in [6.07, 6.45) is 15.7. The van der Waals surface area contributed by atoms with Crippen molar-refractivity contribution in [1.29, 1.82) is 0 Å². The lowest BCUT2D eigenvalue weighted by molar-refractivity contribution is 0.414. The molecular formula is C59H49N3. The molecule has 0 radical (unpaired) electrons. The lowest BCUT2D eigenvalue weighted by Gasteiger charge is -2.40. The van der Waals surface area contributed by atoms with Crippen molar-refractivity contribution in [2.45, 2.75) is 44.1 Å². The van der Waals surface area contributed by atoms with Crippen molar-refractivity contribution in [3.63, 3.8) is 0 Å². The Morgan fingerprint density at radius 1 is 0.532 bits per heavy atom. The number of allylic oxidation sites excluding steroid dienone is 4. The minimum Gasteiger partial charge on any atom is -0.338 e. The van der Waals surface area contributed by atoms with Gasteiger partial charge in [-0.2, -0.15) is 0 Å². The third-order valence-electron chi connectivity index (χ3n) is 13.3. The van der Waals surface area contributed by atoms with Crippen LogP contribution in [0.1, 0.15) is 38.2 Å². The van der Waals surface area contributed by atoms with E-state index in [1.165, 1.54) is 66.3 Å². The first-order chi connectivity index (χ1) is 30.6. The highest BCUT2D eigenvalue weighted by Gasteiger charge is 2.33. The zero-order valence-corrected chi connectivity index (χ0v) is 35.1. The average molecular weight is 800 g/mol. The molecule has 62 heavy (non-hydrogen) atoms. The molecule has 9 aromatic rings. The molecule has 0 N–H and O–H groups in total. The minimum atomic E-state index is 0.0105. The Bertz CT molecular complexity index is 3100. The lowest BCUT2D eigenvalue weighted by Crippen LogP contribution is -2.36. The Kier molecular flexibility index (Phi) is 9.66. The number of anilines is 4. The lowest BCUT2D eigenvalue weighted by atomic mass is 9.72. The van der Waals surface area contributed by atoms with Crippen LogP contribution in [0.15, 0.2) is 230 Å². The molecule has 2 aliphatic carbocycles. The highest BCUT2D eigenvalue weighted by atomic mass is 15.2. The molecule has 1 heterocycles. The predicted molar refractivity (Wildman–Crippen MR) is 263 cm³/mol. The van der Waals surface area contributed by atoms with Gasteiger partial charge in [0.25, 0.3) is 0 Å². The quantitative estimate of drug-likeness (QED) is 0.144. The van der Waals surface area contributed by atoms with Crippen LogP contribution in [0.25, 0.3) is 49.4 Å². The van der Waals surface area contributed by atoms with E-state index < -0.39 is 0 Å². The standard InChI is InChI=1S/C59H49N3/c1-59(38-36-53(37-39-59)61(50-22-10-4-11-23-50)51-24-12-5-13-25-51)47-30-35-58-56(42-47)55-41-46(29-34-57(55)62(58)54-33-28-43-16-14-15-17-45(43)40-54)44-26-31-52(32-27-44)60(48-18-6-2-7-19-48)49-20-8-3-9-21-49/h2-24,26-36,40-42,51H,25,37-39H2,1H3. The molecule has 0 amide bonds. The van der Waals surface area contributed by atoms with E-state index >= 15 is 0 Å². The van der Waals surface area contributed by atoms with E-state index in [4.69, 9.17) is 0 Å². The fourth-order valence-corrected chi connectivity index (χ4v) is 9.93. The van der Waals surface area contributed by atoms with Gasteiger partial charge in [-0.15, -0.1) is 0 Å². The van der Waals surface area contributed by atoms with Gasteiger partial charge in [-0.3, -0.25) is 0 Å². The van der Waals surface area contributed by atoms with Crippen LogP contribution >= 0.6 is 0 Å². The van der Waals surface area contributed by atoms with E-state index in [9.17, 15) is 0 Å². The second-order valence-corrected chi connectivity index (χ2v) is 17.2. The first-order valence-electron chi connectivity index (χ1n) is 22.0. The molecule has 300 valence electrons. The highest BCUT2D eigenvalue weighted by Crippen LogP contribution is 2.44. The number of hydrogen-bond acceptors (Lipinski definition) is 2. The van der Waals surface area contributed by atoms with Gasteiger partial charge in [-0.05, 0) is 143 Å². The van der Waals surface area contributed by atoms with Crippen molar-refractivity contribution in [2.75, 3.05) is 9.80 Å². The smallest absolute Gasteiger partial charge is 0.0556 e. The molecule has 2 atom stereocenters. The minimum absolute atomic E-state index is 0.0105. The van der Waals surface area contributed by atoms with Gasteiger partial charge in [0.05, 0.1) is 17.1 Å². The SMILES string of the molecule is CC1(c2ccc3c(c2)c2cc(-c4ccc(N(c5ccccc5)c5ccccc5)cc4)ccc2n3-c2ccc3ccccc3c2)CC=C(N(c2ccccc2)C2C=CC=CC2)CC1. The molecule has 0 aliphatic heterocycles. The normalized spacial score (nSPS) is 17.4. The van der Waals surface area contributed by atoms with Gasteiger partial charge >= 0.3 is 0 Å². The van der Waals surface area contributed by atoms with Crippen LogP contribution in [-0.2, 0) is 5.41 Å². The summed E-state index contributed by atoms with van der Waals surface area (Å²) in [4.78, 5) is 4.90. The molecule has 0 saturated carbocycles. The molecule has 3 nitrogen and oxygen atoms in total. The number of para-hydroxylation sites is 3. The molecule has 0 spiro atoms. The molecule has 2 unspecified atom stereocenters. The zero-order valence-electron chi connectivity index (χ0n) is 35.1. The van der Waals surface area contributed by atoms with E-state index in [0.717, 1.165) is 42.7 Å². The van der Waals surface area contributed by atoms with E-state index in [2.05, 4.69) is 246 Å². The Labute approximate surface area is 364 Å². The molecular weight excluding hydrogens is 751 g/mol. The van der Waals surface area contributed by atoms with Crippen molar-refractivity contribution in [3.8, 4) is 16.8 Å². The zero-order chi connectivity index (χ0) is 41.5. The Morgan fingerprint density at radius 3 is 1.81 bits per heavy atom. The molecule has 1 aromatic heterocycles. The first-order valence-corrected chi connectivity index (χ1v) is 22.0. The number of benzene rings is 8.